The van der Waals surface area contributed by atoms with Crippen LogP contribution in [-0.2, 0) is 11.8 Å². The maximum atomic E-state index is 5.58. The summed E-state index contributed by atoms with van der Waals surface area (Å²) in [5.74, 6) is 0.265. The van der Waals surface area contributed by atoms with Gasteiger partial charge in [-0.3, -0.25) is 0 Å². The van der Waals surface area contributed by atoms with Gasteiger partial charge in [-0.05, 0) is 152 Å². The van der Waals surface area contributed by atoms with Crippen molar-refractivity contribution < 1.29 is 0 Å². The third-order valence-corrected chi connectivity index (χ3v) is 14.1. The molecule has 1 unspecified atom stereocenters. The minimum atomic E-state index is -0.394. The fourth-order valence-corrected chi connectivity index (χ4v) is 9.85. The van der Waals surface area contributed by atoms with Gasteiger partial charge in [0.25, 0.3) is 0 Å². The van der Waals surface area contributed by atoms with Crippen molar-refractivity contribution in [2.24, 2.45) is 22.9 Å². The van der Waals surface area contributed by atoms with Crippen LogP contribution in [0.3, 0.4) is 0 Å². The molecule has 8 N–H and O–H groups in total. The van der Waals surface area contributed by atoms with Crippen LogP contribution in [0.15, 0.2) is 305 Å². The van der Waals surface area contributed by atoms with Crippen molar-refractivity contribution in [3.63, 3.8) is 0 Å². The second kappa shape index (κ2) is 29.4. The first-order valence-electron chi connectivity index (χ1n) is 26.8. The Balaban J connectivity index is 0.000000304. The Morgan fingerprint density at radius 2 is 1.14 bits per heavy atom. The summed E-state index contributed by atoms with van der Waals surface area (Å²) >= 11 is 0. The SMILES string of the molecule is C=C/C=C\C=C/N.C=CCC/C(=C\Cc1ccccc1C(C)(c1ccc2ccccc2c1)c1ccc2ccccc2c1)c1cccc(C2=CC=CC(c3ccccc3)C=C2)c1.CN.NC(N)c1ccc(-c2ccccc2)cc1. The second-order valence-electron chi connectivity index (χ2n) is 19.1. The zero-order valence-electron chi connectivity index (χ0n) is 45.2. The fourth-order valence-electron chi connectivity index (χ4n) is 9.85. The number of hydrogen-bond acceptors (Lipinski definition) is 4. The minimum Gasteiger partial charge on any atom is -0.405 e. The summed E-state index contributed by atoms with van der Waals surface area (Å²) in [5.41, 5.74) is 35.2. The van der Waals surface area contributed by atoms with E-state index >= 15 is 0 Å². The van der Waals surface area contributed by atoms with Crippen LogP contribution in [0.4, 0.5) is 0 Å². The lowest BCUT2D eigenvalue weighted by atomic mass is 9.68. The molecule has 0 radical (unpaired) electrons. The monoisotopic (exact) mass is 1020 g/mol. The van der Waals surface area contributed by atoms with Gasteiger partial charge in [0.2, 0.25) is 0 Å². The van der Waals surface area contributed by atoms with E-state index in [2.05, 4.69) is 238 Å². The van der Waals surface area contributed by atoms with E-state index in [1.54, 1.807) is 12.2 Å². The van der Waals surface area contributed by atoms with Gasteiger partial charge in [0, 0.05) is 11.3 Å². The Hall–Kier alpha value is -8.90. The van der Waals surface area contributed by atoms with E-state index in [-0.39, 0.29) is 11.3 Å². The van der Waals surface area contributed by atoms with Gasteiger partial charge in [0.05, 0.1) is 6.17 Å². The molecule has 4 heteroatoms. The highest BCUT2D eigenvalue weighted by Crippen LogP contribution is 2.43. The lowest BCUT2D eigenvalue weighted by Gasteiger charge is -2.34. The average Bonchev–Trinajstić information content (AvgIpc) is 3.79. The molecule has 10 rings (SSSR count). The molecular weight excluding hydrogens is 945 g/mol. The molecule has 0 bridgehead atoms. The van der Waals surface area contributed by atoms with Crippen LogP contribution in [0.1, 0.15) is 76.4 Å². The summed E-state index contributed by atoms with van der Waals surface area (Å²) in [6.07, 6.45) is 26.6. The number of fused-ring (bicyclic) bond motifs is 2. The molecule has 9 aromatic rings. The normalized spacial score (nSPS) is 13.2. The Morgan fingerprint density at radius 1 is 0.564 bits per heavy atom. The molecule has 0 saturated heterocycles. The van der Waals surface area contributed by atoms with E-state index < -0.39 is 6.17 Å². The van der Waals surface area contributed by atoms with Crippen LogP contribution in [0.2, 0.25) is 0 Å². The molecular formula is C74H74N4. The molecule has 0 fully saturated rings. The van der Waals surface area contributed by atoms with Crippen LogP contribution >= 0.6 is 0 Å². The molecule has 78 heavy (non-hydrogen) atoms. The van der Waals surface area contributed by atoms with E-state index in [4.69, 9.17) is 17.2 Å². The predicted molar refractivity (Wildman–Crippen MR) is 339 cm³/mol. The van der Waals surface area contributed by atoms with Gasteiger partial charge in [0.15, 0.2) is 0 Å². The Bertz CT molecular complexity index is 3460. The van der Waals surface area contributed by atoms with Gasteiger partial charge in [-0.25, -0.2) is 0 Å². The van der Waals surface area contributed by atoms with Crippen molar-refractivity contribution >= 4 is 32.7 Å². The van der Waals surface area contributed by atoms with Crippen molar-refractivity contribution in [2.45, 2.75) is 43.7 Å². The number of allylic oxidation sites excluding steroid dienone is 13. The van der Waals surface area contributed by atoms with Gasteiger partial charge in [-0.1, -0.05) is 268 Å². The summed E-state index contributed by atoms with van der Waals surface area (Å²) in [7, 11) is 1.50. The Labute approximate surface area is 464 Å². The first kappa shape index (κ1) is 56.8. The topological polar surface area (TPSA) is 104 Å². The number of hydrogen-bond donors (Lipinski definition) is 4. The van der Waals surface area contributed by atoms with Crippen molar-refractivity contribution in [1.29, 1.82) is 0 Å². The highest BCUT2D eigenvalue weighted by atomic mass is 14.8. The molecule has 0 heterocycles. The maximum Gasteiger partial charge on any atom is 0.0784 e. The molecule has 1 aliphatic rings. The number of rotatable bonds is 15. The lowest BCUT2D eigenvalue weighted by Crippen LogP contribution is -2.27. The second-order valence-corrected chi connectivity index (χ2v) is 19.1. The molecule has 390 valence electrons. The highest BCUT2D eigenvalue weighted by molar-refractivity contribution is 5.86. The van der Waals surface area contributed by atoms with Gasteiger partial charge in [-0.15, -0.1) is 6.58 Å². The van der Waals surface area contributed by atoms with Crippen LogP contribution in [0, 0.1) is 0 Å². The van der Waals surface area contributed by atoms with Crippen LogP contribution in [0.25, 0.3) is 43.8 Å². The average molecular weight is 1020 g/mol. The summed E-state index contributed by atoms with van der Waals surface area (Å²) in [5, 5.41) is 5.04. The Kier molecular flexibility index (Phi) is 21.4. The standard InChI is InChI=1S/C54H46.C13H14N2.C6H9N.CH5N/c1-3-4-16-42(47-26-15-27-48(37-47)45-25-14-24-41(29-30-45)40-17-6-5-7-18-40)31-32-46-21-12-13-28-53(46)54(2,51-35-33-43-19-8-10-22-49(43)38-51)52-36-34-44-20-9-11-23-50(44)39-52;14-13(15)12-8-6-11(7-9-12)10-4-2-1-3-5-10;1-2-3-4-5-6-7;1-2/h3,5-15,17-31,33-39,41H,1,4,16,32H2,2H3;1-9,13H,14-15H2;2-6H,1,7H2;2H2,1H3/b42-31+;;4-3-,6-5-;. The van der Waals surface area contributed by atoms with Crippen LogP contribution in [0.5, 0.6) is 0 Å². The van der Waals surface area contributed by atoms with Crippen LogP contribution < -0.4 is 22.9 Å². The largest absolute Gasteiger partial charge is 0.405 e. The van der Waals surface area contributed by atoms with Crippen LogP contribution in [-0.4, -0.2) is 7.05 Å². The summed E-state index contributed by atoms with van der Waals surface area (Å²) in [4.78, 5) is 0. The molecule has 0 saturated carbocycles. The molecule has 0 amide bonds. The minimum absolute atomic E-state index is 0.265. The predicted octanol–water partition coefficient (Wildman–Crippen LogP) is 17.3. The lowest BCUT2D eigenvalue weighted by molar-refractivity contribution is 0.686. The van der Waals surface area contributed by atoms with Crippen molar-refractivity contribution in [2.75, 3.05) is 7.05 Å². The van der Waals surface area contributed by atoms with E-state index in [1.165, 1.54) is 96.0 Å². The van der Waals surface area contributed by atoms with Gasteiger partial charge < -0.3 is 22.9 Å². The molecule has 9 aromatic carbocycles. The van der Waals surface area contributed by atoms with Crippen molar-refractivity contribution in [3.05, 3.63) is 349 Å². The summed E-state index contributed by atoms with van der Waals surface area (Å²) < 4.78 is 0. The number of benzene rings is 9. The zero-order valence-corrected chi connectivity index (χ0v) is 45.2. The third kappa shape index (κ3) is 14.9. The first-order chi connectivity index (χ1) is 38.3. The van der Waals surface area contributed by atoms with Gasteiger partial charge in [0.1, 0.15) is 0 Å². The Morgan fingerprint density at radius 3 is 1.76 bits per heavy atom. The molecule has 1 aliphatic carbocycles. The van der Waals surface area contributed by atoms with E-state index in [1.807, 2.05) is 60.7 Å². The maximum absolute atomic E-state index is 5.58. The zero-order chi connectivity index (χ0) is 55.0. The summed E-state index contributed by atoms with van der Waals surface area (Å²) in [6.45, 7) is 9.97. The van der Waals surface area contributed by atoms with Crippen molar-refractivity contribution in [1.82, 2.24) is 0 Å². The fraction of sp³-hybridized carbons (Fsp3) is 0.108. The van der Waals surface area contributed by atoms with E-state index in [0.717, 1.165) is 24.8 Å². The molecule has 0 spiro atoms. The molecule has 4 nitrogen and oxygen atoms in total. The third-order valence-electron chi connectivity index (χ3n) is 14.1. The summed E-state index contributed by atoms with van der Waals surface area (Å²) in [6, 6.07) is 78.5. The molecule has 0 aromatic heterocycles. The quantitative estimate of drug-likeness (QED) is 0.0355. The first-order valence-corrected chi connectivity index (χ1v) is 26.8. The molecule has 0 aliphatic heterocycles. The smallest absolute Gasteiger partial charge is 0.0784 e. The van der Waals surface area contributed by atoms with Gasteiger partial charge in [-0.2, -0.15) is 0 Å². The highest BCUT2D eigenvalue weighted by Gasteiger charge is 2.33. The molecule has 1 atom stereocenters. The number of nitrogens with two attached hydrogens (primary N) is 4. The van der Waals surface area contributed by atoms with Crippen molar-refractivity contribution in [3.8, 4) is 11.1 Å². The van der Waals surface area contributed by atoms with Gasteiger partial charge >= 0.3 is 0 Å². The van der Waals surface area contributed by atoms with E-state index in [0.29, 0.717) is 0 Å². The van der Waals surface area contributed by atoms with E-state index in [9.17, 15) is 0 Å².